The highest BCUT2D eigenvalue weighted by atomic mass is 35.5. The van der Waals surface area contributed by atoms with Crippen molar-refractivity contribution in [1.29, 1.82) is 0 Å². The molecule has 1 nitrogen and oxygen atoms in total. The molecule has 0 aliphatic heterocycles. The molecule has 1 aromatic heterocycles. The summed E-state index contributed by atoms with van der Waals surface area (Å²) in [4.78, 5) is 4.22. The number of pyridine rings is 1. The molecule has 22 heavy (non-hydrogen) atoms. The molecular formula is C18H12ClF2N. The summed E-state index contributed by atoms with van der Waals surface area (Å²) in [5, 5.41) is 0.216. The Bertz CT molecular complexity index is 812. The molecule has 0 N–H and O–H groups in total. The predicted octanol–water partition coefficient (Wildman–Crippen LogP) is 5.66. The van der Waals surface area contributed by atoms with Gasteiger partial charge in [0.15, 0.2) is 0 Å². The zero-order valence-electron chi connectivity index (χ0n) is 11.8. The summed E-state index contributed by atoms with van der Waals surface area (Å²) >= 11 is 6.23. The Morgan fingerprint density at radius 3 is 2.09 bits per heavy atom. The third-order valence-electron chi connectivity index (χ3n) is 3.50. The average molecular weight is 316 g/mol. The monoisotopic (exact) mass is 315 g/mol. The fourth-order valence-electron chi connectivity index (χ4n) is 2.52. The molecule has 0 atom stereocenters. The summed E-state index contributed by atoms with van der Waals surface area (Å²) < 4.78 is 28.4. The van der Waals surface area contributed by atoms with Gasteiger partial charge in [-0.1, -0.05) is 48.0 Å². The number of nitrogens with zero attached hydrogens (tertiary/aromatic N) is 1. The Balaban J connectivity index is 2.40. The van der Waals surface area contributed by atoms with Crippen molar-refractivity contribution in [3.8, 4) is 22.3 Å². The van der Waals surface area contributed by atoms with Crippen LogP contribution in [-0.2, 0) is 0 Å². The second-order valence-electron chi connectivity index (χ2n) is 4.90. The van der Waals surface area contributed by atoms with Crippen LogP contribution in [0.15, 0.2) is 54.7 Å². The molecule has 1 heterocycles. The first-order valence-corrected chi connectivity index (χ1v) is 7.12. The standard InChI is InChI=1S/C18H12ClF2N/c1-11-16(12-6-3-2-4-7-12)17(13(19)10-22-11)18-14(20)8-5-9-15(18)21/h2-10H,1H3. The van der Waals surface area contributed by atoms with E-state index in [0.717, 1.165) is 5.56 Å². The van der Waals surface area contributed by atoms with Crippen molar-refractivity contribution in [3.05, 3.63) is 77.1 Å². The van der Waals surface area contributed by atoms with Crippen molar-refractivity contribution < 1.29 is 8.78 Å². The molecule has 0 fully saturated rings. The summed E-state index contributed by atoms with van der Waals surface area (Å²) in [6.07, 6.45) is 1.42. The number of hydrogen-bond acceptors (Lipinski definition) is 1. The van der Waals surface area contributed by atoms with E-state index in [1.165, 1.54) is 24.4 Å². The van der Waals surface area contributed by atoms with E-state index >= 15 is 0 Å². The first kappa shape index (κ1) is 14.7. The van der Waals surface area contributed by atoms with Crippen LogP contribution < -0.4 is 0 Å². The van der Waals surface area contributed by atoms with Crippen molar-refractivity contribution in [3.63, 3.8) is 0 Å². The average Bonchev–Trinajstić information content (AvgIpc) is 2.51. The second kappa shape index (κ2) is 5.85. The fraction of sp³-hybridized carbons (Fsp3) is 0.0556. The van der Waals surface area contributed by atoms with Gasteiger partial charge in [-0.25, -0.2) is 8.78 Å². The molecule has 0 spiro atoms. The highest BCUT2D eigenvalue weighted by Gasteiger charge is 2.21. The van der Waals surface area contributed by atoms with Crippen molar-refractivity contribution in [2.75, 3.05) is 0 Å². The van der Waals surface area contributed by atoms with Crippen molar-refractivity contribution >= 4 is 11.6 Å². The smallest absolute Gasteiger partial charge is 0.134 e. The Morgan fingerprint density at radius 2 is 1.45 bits per heavy atom. The van der Waals surface area contributed by atoms with Crippen LogP contribution in [0.4, 0.5) is 8.78 Å². The zero-order chi connectivity index (χ0) is 15.7. The molecule has 2 aromatic carbocycles. The molecule has 0 amide bonds. The summed E-state index contributed by atoms with van der Waals surface area (Å²) in [6, 6.07) is 13.1. The lowest BCUT2D eigenvalue weighted by molar-refractivity contribution is 0.589. The molecule has 0 unspecified atom stereocenters. The highest BCUT2D eigenvalue weighted by Crippen LogP contribution is 2.40. The molecule has 0 saturated carbocycles. The maximum absolute atomic E-state index is 14.2. The molecule has 3 aromatic rings. The topological polar surface area (TPSA) is 12.9 Å². The van der Waals surface area contributed by atoms with Crippen LogP contribution in [0.3, 0.4) is 0 Å². The second-order valence-corrected chi connectivity index (χ2v) is 5.31. The van der Waals surface area contributed by atoms with Gasteiger partial charge in [-0.05, 0) is 24.6 Å². The number of halogens is 3. The Morgan fingerprint density at radius 1 is 0.818 bits per heavy atom. The first-order chi connectivity index (χ1) is 10.6. The third-order valence-corrected chi connectivity index (χ3v) is 3.78. The molecule has 4 heteroatoms. The fourth-order valence-corrected chi connectivity index (χ4v) is 2.76. The van der Waals surface area contributed by atoms with Gasteiger partial charge < -0.3 is 0 Å². The number of benzene rings is 2. The number of rotatable bonds is 2. The van der Waals surface area contributed by atoms with E-state index in [4.69, 9.17) is 11.6 Å². The number of aromatic nitrogens is 1. The molecular weight excluding hydrogens is 304 g/mol. The largest absolute Gasteiger partial charge is 0.259 e. The van der Waals surface area contributed by atoms with Crippen LogP contribution in [-0.4, -0.2) is 4.98 Å². The van der Waals surface area contributed by atoms with Gasteiger partial charge in [-0.15, -0.1) is 0 Å². The van der Waals surface area contributed by atoms with E-state index in [2.05, 4.69) is 4.98 Å². The van der Waals surface area contributed by atoms with E-state index in [1.807, 2.05) is 30.3 Å². The van der Waals surface area contributed by atoms with Gasteiger partial charge in [0.05, 0.1) is 10.6 Å². The van der Waals surface area contributed by atoms with Gasteiger partial charge in [-0.3, -0.25) is 4.98 Å². The van der Waals surface area contributed by atoms with E-state index in [0.29, 0.717) is 16.8 Å². The Kier molecular flexibility index (Phi) is 3.90. The number of aryl methyl sites for hydroxylation is 1. The lowest BCUT2D eigenvalue weighted by Crippen LogP contribution is -1.98. The van der Waals surface area contributed by atoms with E-state index in [1.54, 1.807) is 6.92 Å². The highest BCUT2D eigenvalue weighted by molar-refractivity contribution is 6.34. The van der Waals surface area contributed by atoms with Gasteiger partial charge >= 0.3 is 0 Å². The molecule has 0 saturated heterocycles. The van der Waals surface area contributed by atoms with Crippen LogP contribution in [0.2, 0.25) is 5.02 Å². The minimum absolute atomic E-state index is 0.128. The maximum Gasteiger partial charge on any atom is 0.134 e. The lowest BCUT2D eigenvalue weighted by atomic mass is 9.93. The van der Waals surface area contributed by atoms with Gasteiger partial charge in [0.2, 0.25) is 0 Å². The maximum atomic E-state index is 14.2. The van der Waals surface area contributed by atoms with Gasteiger partial charge in [0.1, 0.15) is 11.6 Å². The molecule has 110 valence electrons. The quantitative estimate of drug-likeness (QED) is 0.595. The van der Waals surface area contributed by atoms with Crippen LogP contribution in [0.25, 0.3) is 22.3 Å². The van der Waals surface area contributed by atoms with Gasteiger partial charge in [0.25, 0.3) is 0 Å². The zero-order valence-corrected chi connectivity index (χ0v) is 12.5. The van der Waals surface area contributed by atoms with Gasteiger partial charge in [-0.2, -0.15) is 0 Å². The van der Waals surface area contributed by atoms with Crippen molar-refractivity contribution in [1.82, 2.24) is 4.98 Å². The SMILES string of the molecule is Cc1ncc(Cl)c(-c2c(F)cccc2F)c1-c1ccccc1. The van der Waals surface area contributed by atoms with E-state index in [9.17, 15) is 8.78 Å². The van der Waals surface area contributed by atoms with Crippen molar-refractivity contribution in [2.24, 2.45) is 0 Å². The Labute approximate surface area is 132 Å². The van der Waals surface area contributed by atoms with Crippen LogP contribution in [0.5, 0.6) is 0 Å². The minimum atomic E-state index is -0.648. The lowest BCUT2D eigenvalue weighted by Gasteiger charge is -2.15. The first-order valence-electron chi connectivity index (χ1n) is 6.74. The van der Waals surface area contributed by atoms with Crippen LogP contribution in [0, 0.1) is 18.6 Å². The normalized spacial score (nSPS) is 10.7. The molecule has 0 bridgehead atoms. The summed E-state index contributed by atoms with van der Waals surface area (Å²) in [6.45, 7) is 1.79. The van der Waals surface area contributed by atoms with E-state index < -0.39 is 11.6 Å². The van der Waals surface area contributed by atoms with Crippen LogP contribution >= 0.6 is 11.6 Å². The summed E-state index contributed by atoms with van der Waals surface area (Å²) in [5.41, 5.74) is 2.31. The molecule has 0 aliphatic carbocycles. The predicted molar refractivity (Wildman–Crippen MR) is 84.8 cm³/mol. The molecule has 0 radical (unpaired) electrons. The molecule has 3 rings (SSSR count). The Hall–Kier alpha value is -2.26. The van der Waals surface area contributed by atoms with Crippen LogP contribution in [0.1, 0.15) is 5.69 Å². The minimum Gasteiger partial charge on any atom is -0.259 e. The number of hydrogen-bond donors (Lipinski definition) is 0. The van der Waals surface area contributed by atoms with Crippen molar-refractivity contribution in [2.45, 2.75) is 6.92 Å². The van der Waals surface area contributed by atoms with Gasteiger partial charge in [0, 0.05) is 23.0 Å². The summed E-state index contributed by atoms with van der Waals surface area (Å²) in [5.74, 6) is -1.30. The summed E-state index contributed by atoms with van der Waals surface area (Å²) in [7, 11) is 0. The third kappa shape index (κ3) is 2.48. The molecule has 0 aliphatic rings. The van der Waals surface area contributed by atoms with E-state index in [-0.39, 0.29) is 10.6 Å².